The van der Waals surface area contributed by atoms with E-state index >= 15 is 0 Å². The third-order valence-corrected chi connectivity index (χ3v) is 5.94. The Bertz CT molecular complexity index is 817. The lowest BCUT2D eigenvalue weighted by molar-refractivity contribution is -0.129. The molecule has 3 heterocycles. The molecule has 0 N–H and O–H groups in total. The van der Waals surface area contributed by atoms with Crippen molar-refractivity contribution in [2.45, 2.75) is 32.2 Å². The summed E-state index contributed by atoms with van der Waals surface area (Å²) in [7, 11) is 1.91. The maximum Gasteiger partial charge on any atom is 0.223 e. The van der Waals surface area contributed by atoms with Crippen molar-refractivity contribution in [1.82, 2.24) is 19.8 Å². The van der Waals surface area contributed by atoms with E-state index in [0.717, 1.165) is 68.5 Å². The summed E-state index contributed by atoms with van der Waals surface area (Å²) in [6.45, 7) is 6.74. The monoisotopic (exact) mass is 379 g/mol. The molecule has 0 spiro atoms. The topological polar surface area (TPSA) is 52.6 Å². The van der Waals surface area contributed by atoms with Gasteiger partial charge in [-0.15, -0.1) is 0 Å². The van der Waals surface area contributed by atoms with Gasteiger partial charge in [0.25, 0.3) is 0 Å². The third kappa shape index (κ3) is 4.17. The van der Waals surface area contributed by atoms with Crippen molar-refractivity contribution < 1.29 is 4.79 Å². The number of carbonyl (C=O) groups is 1. The van der Waals surface area contributed by atoms with Crippen LogP contribution in [0.3, 0.4) is 0 Å². The Kier molecular flexibility index (Phi) is 5.57. The largest absolute Gasteiger partial charge is 0.356 e. The molecule has 2 aliphatic rings. The average molecular weight is 380 g/mol. The Morgan fingerprint density at radius 2 is 1.71 bits per heavy atom. The molecule has 0 aliphatic carbocycles. The van der Waals surface area contributed by atoms with Gasteiger partial charge in [-0.2, -0.15) is 0 Å². The highest BCUT2D eigenvalue weighted by Gasteiger charge is 2.28. The van der Waals surface area contributed by atoms with Crippen molar-refractivity contribution in [2.75, 3.05) is 44.7 Å². The molecule has 0 saturated carbocycles. The van der Waals surface area contributed by atoms with E-state index in [2.05, 4.69) is 33.0 Å². The normalized spacial score (nSPS) is 19.7. The first-order chi connectivity index (χ1) is 13.6. The van der Waals surface area contributed by atoms with Gasteiger partial charge in [-0.05, 0) is 19.8 Å². The number of nitrogens with zero attached hydrogens (tertiary/aromatic N) is 5. The van der Waals surface area contributed by atoms with E-state index in [9.17, 15) is 4.79 Å². The Labute approximate surface area is 167 Å². The number of amides is 1. The summed E-state index contributed by atoms with van der Waals surface area (Å²) in [5, 5.41) is 0. The number of carbonyl (C=O) groups excluding carboxylic acids is 1. The number of piperidine rings is 1. The fourth-order valence-corrected chi connectivity index (χ4v) is 4.20. The standard InChI is InChI=1S/C22H29N5O/c1-17-16-20(24-22(23-17)18-6-4-3-5-7-18)27-11-8-19(9-12-27)26-13-10-21(28)25(2)14-15-26/h3-7,16,19H,8-15H2,1-2H3. The lowest BCUT2D eigenvalue weighted by Gasteiger charge is -2.38. The molecule has 1 aromatic carbocycles. The van der Waals surface area contributed by atoms with Crippen LogP contribution in [0.2, 0.25) is 0 Å². The minimum atomic E-state index is 0.268. The Morgan fingerprint density at radius 1 is 0.964 bits per heavy atom. The molecule has 148 valence electrons. The predicted molar refractivity (Wildman–Crippen MR) is 111 cm³/mol. The molecule has 0 bridgehead atoms. The van der Waals surface area contributed by atoms with Crippen molar-refractivity contribution in [2.24, 2.45) is 0 Å². The fraction of sp³-hybridized carbons (Fsp3) is 0.500. The maximum absolute atomic E-state index is 11.9. The highest BCUT2D eigenvalue weighted by atomic mass is 16.2. The van der Waals surface area contributed by atoms with Gasteiger partial charge in [-0.1, -0.05) is 30.3 Å². The molecule has 28 heavy (non-hydrogen) atoms. The van der Waals surface area contributed by atoms with Crippen molar-refractivity contribution in [3.63, 3.8) is 0 Å². The van der Waals surface area contributed by atoms with E-state index in [4.69, 9.17) is 4.98 Å². The van der Waals surface area contributed by atoms with E-state index in [1.165, 1.54) is 0 Å². The number of aromatic nitrogens is 2. The van der Waals surface area contributed by atoms with Gasteiger partial charge in [0.1, 0.15) is 5.82 Å². The summed E-state index contributed by atoms with van der Waals surface area (Å²) in [6, 6.07) is 12.8. The molecule has 2 fully saturated rings. The first-order valence-corrected chi connectivity index (χ1v) is 10.2. The first-order valence-electron chi connectivity index (χ1n) is 10.2. The molecule has 2 aromatic rings. The van der Waals surface area contributed by atoms with Crippen LogP contribution in [-0.4, -0.2) is 71.5 Å². The van der Waals surface area contributed by atoms with Crippen molar-refractivity contribution in [1.29, 1.82) is 0 Å². The zero-order valence-corrected chi connectivity index (χ0v) is 16.8. The molecule has 0 radical (unpaired) electrons. The van der Waals surface area contributed by atoms with E-state index in [1.54, 1.807) is 0 Å². The molecule has 6 heteroatoms. The van der Waals surface area contributed by atoms with Gasteiger partial charge < -0.3 is 9.80 Å². The van der Waals surface area contributed by atoms with Crippen LogP contribution in [0, 0.1) is 6.92 Å². The molecular formula is C22H29N5O. The summed E-state index contributed by atoms with van der Waals surface area (Å²) >= 11 is 0. The van der Waals surface area contributed by atoms with Crippen LogP contribution in [0.15, 0.2) is 36.4 Å². The van der Waals surface area contributed by atoms with Crippen LogP contribution in [0.25, 0.3) is 11.4 Å². The second-order valence-corrected chi connectivity index (χ2v) is 7.88. The van der Waals surface area contributed by atoms with Crippen molar-refractivity contribution in [3.05, 3.63) is 42.1 Å². The molecule has 1 aromatic heterocycles. The van der Waals surface area contributed by atoms with Gasteiger partial charge in [0.15, 0.2) is 5.82 Å². The number of aryl methyl sites for hydroxylation is 1. The van der Waals surface area contributed by atoms with E-state index in [0.29, 0.717) is 12.5 Å². The fourth-order valence-electron chi connectivity index (χ4n) is 4.20. The van der Waals surface area contributed by atoms with Crippen LogP contribution >= 0.6 is 0 Å². The summed E-state index contributed by atoms with van der Waals surface area (Å²) in [6.07, 6.45) is 2.87. The quantitative estimate of drug-likeness (QED) is 0.820. The van der Waals surface area contributed by atoms with Gasteiger partial charge in [-0.25, -0.2) is 9.97 Å². The highest BCUT2D eigenvalue weighted by Crippen LogP contribution is 2.25. The van der Waals surface area contributed by atoms with Gasteiger partial charge >= 0.3 is 0 Å². The summed E-state index contributed by atoms with van der Waals surface area (Å²) in [4.78, 5) is 28.2. The smallest absolute Gasteiger partial charge is 0.223 e. The Hall–Kier alpha value is -2.47. The molecule has 2 saturated heterocycles. The van der Waals surface area contributed by atoms with Crippen molar-refractivity contribution in [3.8, 4) is 11.4 Å². The summed E-state index contributed by atoms with van der Waals surface area (Å²) < 4.78 is 0. The molecule has 6 nitrogen and oxygen atoms in total. The highest BCUT2D eigenvalue weighted by molar-refractivity contribution is 5.76. The molecule has 0 atom stereocenters. The predicted octanol–water partition coefficient (Wildman–Crippen LogP) is 2.58. The SMILES string of the molecule is Cc1cc(N2CCC(N3CCC(=O)N(C)CC3)CC2)nc(-c2ccccc2)n1. The van der Waals surface area contributed by atoms with E-state index in [1.807, 2.05) is 37.1 Å². The second kappa shape index (κ2) is 8.27. The van der Waals surface area contributed by atoms with Crippen LogP contribution in [0.5, 0.6) is 0 Å². The maximum atomic E-state index is 11.9. The van der Waals surface area contributed by atoms with Crippen molar-refractivity contribution >= 4 is 11.7 Å². The number of likely N-dealkylation sites (N-methyl/N-ethyl adjacent to an activating group) is 1. The number of benzene rings is 1. The summed E-state index contributed by atoms with van der Waals surface area (Å²) in [5.74, 6) is 2.09. The van der Waals surface area contributed by atoms with Gasteiger partial charge in [0.05, 0.1) is 0 Å². The van der Waals surface area contributed by atoms with E-state index in [-0.39, 0.29) is 5.91 Å². The second-order valence-electron chi connectivity index (χ2n) is 7.88. The van der Waals surface area contributed by atoms with Gasteiger partial charge in [-0.3, -0.25) is 9.69 Å². The first kappa shape index (κ1) is 18.9. The van der Waals surface area contributed by atoms with Crippen LogP contribution < -0.4 is 4.90 Å². The molecular weight excluding hydrogens is 350 g/mol. The third-order valence-electron chi connectivity index (χ3n) is 5.94. The number of hydrogen-bond acceptors (Lipinski definition) is 5. The lowest BCUT2D eigenvalue weighted by atomic mass is 10.0. The van der Waals surface area contributed by atoms with Gasteiger partial charge in [0, 0.05) is 69.6 Å². The minimum Gasteiger partial charge on any atom is -0.356 e. The Balaban J connectivity index is 1.43. The Morgan fingerprint density at radius 3 is 2.46 bits per heavy atom. The number of hydrogen-bond donors (Lipinski definition) is 0. The molecule has 4 rings (SSSR count). The number of anilines is 1. The average Bonchev–Trinajstić information content (AvgIpc) is 2.90. The van der Waals surface area contributed by atoms with Crippen LogP contribution in [-0.2, 0) is 4.79 Å². The summed E-state index contributed by atoms with van der Waals surface area (Å²) in [5.41, 5.74) is 2.06. The molecule has 2 aliphatic heterocycles. The lowest BCUT2D eigenvalue weighted by Crippen LogP contribution is -2.46. The van der Waals surface area contributed by atoms with Crippen LogP contribution in [0.4, 0.5) is 5.82 Å². The number of rotatable bonds is 3. The zero-order chi connectivity index (χ0) is 19.5. The molecule has 0 unspecified atom stereocenters. The molecule has 1 amide bonds. The minimum absolute atomic E-state index is 0.268. The van der Waals surface area contributed by atoms with Crippen LogP contribution in [0.1, 0.15) is 25.0 Å². The van der Waals surface area contributed by atoms with E-state index < -0.39 is 0 Å². The zero-order valence-electron chi connectivity index (χ0n) is 16.8. The van der Waals surface area contributed by atoms with Gasteiger partial charge in [0.2, 0.25) is 5.91 Å².